The highest BCUT2D eigenvalue weighted by Crippen LogP contribution is 2.31. The van der Waals surface area contributed by atoms with E-state index in [1.165, 1.54) is 34.8 Å². The monoisotopic (exact) mass is 470 g/mol. The van der Waals surface area contributed by atoms with E-state index >= 15 is 0 Å². The molecule has 0 unspecified atom stereocenters. The maximum atomic E-state index is 13.6. The Morgan fingerprint density at radius 2 is 2.00 bits per heavy atom. The number of amides is 1. The van der Waals surface area contributed by atoms with Gasteiger partial charge in [0.25, 0.3) is 5.91 Å². The fraction of sp³-hybridized carbons (Fsp3) is 0.450. The van der Waals surface area contributed by atoms with Gasteiger partial charge in [0.05, 0.1) is 34.1 Å². The van der Waals surface area contributed by atoms with Crippen LogP contribution < -0.4 is 4.90 Å². The molecule has 3 aromatic rings. The van der Waals surface area contributed by atoms with Gasteiger partial charge in [-0.2, -0.15) is 0 Å². The summed E-state index contributed by atoms with van der Waals surface area (Å²) in [6.45, 7) is 8.55. The number of hydrogen-bond acceptors (Lipinski definition) is 7. The number of fused-ring (bicyclic) bond motifs is 1. The predicted octanol–water partition coefficient (Wildman–Crippen LogP) is 4.30. The van der Waals surface area contributed by atoms with Gasteiger partial charge in [-0.1, -0.05) is 11.3 Å². The number of carbonyl (C=O) groups is 1. The van der Waals surface area contributed by atoms with Gasteiger partial charge >= 0.3 is 0 Å². The molecule has 0 saturated carbocycles. The van der Waals surface area contributed by atoms with E-state index in [4.69, 9.17) is 4.74 Å². The van der Waals surface area contributed by atoms with Gasteiger partial charge in [-0.15, -0.1) is 23.7 Å². The highest BCUT2D eigenvalue weighted by molar-refractivity contribution is 7.22. The minimum absolute atomic E-state index is 0. The molecule has 0 spiro atoms. The first-order valence-electron chi connectivity index (χ1n) is 9.63. The third kappa shape index (κ3) is 5.15. The quantitative estimate of drug-likeness (QED) is 0.537. The molecule has 1 amide bonds. The van der Waals surface area contributed by atoms with Gasteiger partial charge in [-0.25, -0.2) is 14.4 Å². The van der Waals surface area contributed by atoms with Gasteiger partial charge in [0, 0.05) is 26.2 Å². The highest BCUT2D eigenvalue weighted by Gasteiger charge is 2.25. The van der Waals surface area contributed by atoms with Crippen molar-refractivity contribution in [3.63, 3.8) is 0 Å². The van der Waals surface area contributed by atoms with Gasteiger partial charge in [-0.3, -0.25) is 14.6 Å². The summed E-state index contributed by atoms with van der Waals surface area (Å²) >= 11 is 2.75. The molecule has 1 saturated heterocycles. The van der Waals surface area contributed by atoms with Crippen LogP contribution in [0.5, 0.6) is 0 Å². The summed E-state index contributed by atoms with van der Waals surface area (Å²) in [7, 11) is 0. The maximum Gasteiger partial charge on any atom is 0.272 e. The van der Waals surface area contributed by atoms with Crippen LogP contribution in [0.4, 0.5) is 9.52 Å². The summed E-state index contributed by atoms with van der Waals surface area (Å²) < 4.78 is 19.8. The summed E-state index contributed by atoms with van der Waals surface area (Å²) in [6.07, 6.45) is 0.826. The Kier molecular flexibility index (Phi) is 7.75. The van der Waals surface area contributed by atoms with Crippen molar-refractivity contribution in [1.82, 2.24) is 14.9 Å². The number of morpholine rings is 1. The highest BCUT2D eigenvalue weighted by atomic mass is 35.5. The second kappa shape index (κ2) is 10.1. The van der Waals surface area contributed by atoms with Gasteiger partial charge < -0.3 is 4.74 Å². The zero-order chi connectivity index (χ0) is 20.4. The fourth-order valence-corrected chi connectivity index (χ4v) is 5.30. The SMILES string of the molecule is Cc1nc(C)c(C(=O)N(CCCN2CCOCC2)c2nc3ccc(F)cc3s2)s1.Cl. The molecule has 0 aliphatic carbocycles. The van der Waals surface area contributed by atoms with E-state index in [9.17, 15) is 9.18 Å². The first-order chi connectivity index (χ1) is 14.0. The molecule has 4 rings (SSSR count). The van der Waals surface area contributed by atoms with Crippen LogP contribution in [0.25, 0.3) is 10.2 Å². The molecule has 1 aliphatic rings. The number of benzene rings is 1. The third-order valence-corrected chi connectivity index (χ3v) is 6.97. The molecule has 10 heteroatoms. The molecule has 1 aromatic carbocycles. The lowest BCUT2D eigenvalue weighted by atomic mass is 10.3. The molecule has 162 valence electrons. The Hall–Kier alpha value is -1.65. The molecule has 0 N–H and O–H groups in total. The zero-order valence-electron chi connectivity index (χ0n) is 16.9. The number of halogens is 2. The molecule has 1 aliphatic heterocycles. The smallest absolute Gasteiger partial charge is 0.272 e. The van der Waals surface area contributed by atoms with Gasteiger partial charge in [0.15, 0.2) is 5.13 Å². The second-order valence-corrected chi connectivity index (χ2v) is 9.23. The molecular formula is C20H24ClFN4O2S2. The number of thiazole rings is 2. The molecule has 2 aromatic heterocycles. The fourth-order valence-electron chi connectivity index (χ4n) is 3.42. The Labute approximate surface area is 189 Å². The normalized spacial score (nSPS) is 14.6. The summed E-state index contributed by atoms with van der Waals surface area (Å²) in [5.41, 5.74) is 1.44. The second-order valence-electron chi connectivity index (χ2n) is 7.02. The van der Waals surface area contributed by atoms with Crippen molar-refractivity contribution in [3.8, 4) is 0 Å². The van der Waals surface area contributed by atoms with E-state index in [0.717, 1.165) is 54.7 Å². The summed E-state index contributed by atoms with van der Waals surface area (Å²) in [5.74, 6) is -0.388. The van der Waals surface area contributed by atoms with Crippen LogP contribution in [-0.2, 0) is 4.74 Å². The molecule has 0 bridgehead atoms. The largest absolute Gasteiger partial charge is 0.379 e. The number of nitrogens with zero attached hydrogens (tertiary/aromatic N) is 4. The van der Waals surface area contributed by atoms with Gasteiger partial charge in [0.2, 0.25) is 0 Å². The maximum absolute atomic E-state index is 13.6. The van der Waals surface area contributed by atoms with Crippen molar-refractivity contribution in [2.24, 2.45) is 0 Å². The minimum Gasteiger partial charge on any atom is -0.379 e. The molecule has 6 nitrogen and oxygen atoms in total. The third-order valence-electron chi connectivity index (χ3n) is 4.87. The molecule has 3 heterocycles. The summed E-state index contributed by atoms with van der Waals surface area (Å²) in [6, 6.07) is 4.52. The van der Waals surface area contributed by atoms with Crippen molar-refractivity contribution >= 4 is 56.3 Å². The van der Waals surface area contributed by atoms with E-state index in [2.05, 4.69) is 14.9 Å². The van der Waals surface area contributed by atoms with E-state index in [1.807, 2.05) is 13.8 Å². The van der Waals surface area contributed by atoms with Crippen molar-refractivity contribution < 1.29 is 13.9 Å². The lowest BCUT2D eigenvalue weighted by Crippen LogP contribution is -2.39. The summed E-state index contributed by atoms with van der Waals surface area (Å²) in [5, 5.41) is 1.47. The van der Waals surface area contributed by atoms with E-state index in [0.29, 0.717) is 22.1 Å². The average molecular weight is 471 g/mol. The van der Waals surface area contributed by atoms with Crippen LogP contribution in [0.15, 0.2) is 18.2 Å². The van der Waals surface area contributed by atoms with Gasteiger partial charge in [-0.05, 0) is 38.5 Å². The Morgan fingerprint density at radius 3 is 2.70 bits per heavy atom. The van der Waals surface area contributed by atoms with Crippen LogP contribution in [0.1, 0.15) is 26.8 Å². The Morgan fingerprint density at radius 1 is 1.23 bits per heavy atom. The molecule has 0 atom stereocenters. The van der Waals surface area contributed by atoms with Crippen molar-refractivity contribution in [2.45, 2.75) is 20.3 Å². The molecular weight excluding hydrogens is 447 g/mol. The van der Waals surface area contributed by atoms with Crippen LogP contribution in [0.3, 0.4) is 0 Å². The van der Waals surface area contributed by atoms with E-state index < -0.39 is 0 Å². The number of aryl methyl sites for hydroxylation is 2. The van der Waals surface area contributed by atoms with E-state index in [1.54, 1.807) is 11.0 Å². The predicted molar refractivity (Wildman–Crippen MR) is 122 cm³/mol. The van der Waals surface area contributed by atoms with Crippen molar-refractivity contribution in [2.75, 3.05) is 44.3 Å². The number of aromatic nitrogens is 2. The van der Waals surface area contributed by atoms with Crippen LogP contribution >= 0.6 is 35.1 Å². The lowest BCUT2D eigenvalue weighted by molar-refractivity contribution is 0.0376. The summed E-state index contributed by atoms with van der Waals surface area (Å²) in [4.78, 5) is 27.1. The number of hydrogen-bond donors (Lipinski definition) is 0. The topological polar surface area (TPSA) is 58.6 Å². The number of ether oxygens (including phenoxy) is 1. The Bertz CT molecular complexity index is 1020. The average Bonchev–Trinajstić information content (AvgIpc) is 3.27. The van der Waals surface area contributed by atoms with Crippen LogP contribution in [-0.4, -0.2) is 60.2 Å². The van der Waals surface area contributed by atoms with Crippen molar-refractivity contribution in [3.05, 3.63) is 39.6 Å². The lowest BCUT2D eigenvalue weighted by Gasteiger charge is -2.27. The number of rotatable bonds is 6. The van der Waals surface area contributed by atoms with Crippen LogP contribution in [0.2, 0.25) is 0 Å². The van der Waals surface area contributed by atoms with Crippen molar-refractivity contribution in [1.29, 1.82) is 0 Å². The van der Waals surface area contributed by atoms with E-state index in [-0.39, 0.29) is 24.1 Å². The Balaban J connectivity index is 0.00000256. The molecule has 30 heavy (non-hydrogen) atoms. The zero-order valence-corrected chi connectivity index (χ0v) is 19.3. The van der Waals surface area contributed by atoms with Gasteiger partial charge in [0.1, 0.15) is 10.7 Å². The molecule has 1 fully saturated rings. The number of carbonyl (C=O) groups excluding carboxylic acids is 1. The standard InChI is InChI=1S/C20H23FN4O2S2.ClH/c1-13-18(28-14(2)22-13)19(26)25(7-3-6-24-8-10-27-11-9-24)20-23-16-5-4-15(21)12-17(16)29-20;/h4-5,12H,3,6-11H2,1-2H3;1H. The molecule has 0 radical (unpaired) electrons. The van der Waals surface area contributed by atoms with Crippen LogP contribution in [0, 0.1) is 19.7 Å². The first-order valence-corrected chi connectivity index (χ1v) is 11.3. The number of anilines is 1. The minimum atomic E-state index is -0.299. The first kappa shape index (κ1) is 23.0.